The lowest BCUT2D eigenvalue weighted by Gasteiger charge is -2.38. The van der Waals surface area contributed by atoms with Crippen LogP contribution in [0.5, 0.6) is 0 Å². The number of amides is 1. The molecule has 0 saturated carbocycles. The van der Waals surface area contributed by atoms with Crippen LogP contribution in [0.2, 0.25) is 0 Å². The molecule has 1 aliphatic heterocycles. The fraction of sp³-hybridized carbons (Fsp3) is 0.448. The molecule has 0 radical (unpaired) electrons. The van der Waals surface area contributed by atoms with Gasteiger partial charge in [0.25, 0.3) is 0 Å². The zero-order chi connectivity index (χ0) is 28.7. The molecule has 0 fully saturated rings. The van der Waals surface area contributed by atoms with Gasteiger partial charge in [-0.3, -0.25) is 14.8 Å². The third-order valence-electron chi connectivity index (χ3n) is 6.82. The van der Waals surface area contributed by atoms with Crippen LogP contribution < -0.4 is 10.5 Å². The first kappa shape index (κ1) is 30.0. The predicted molar refractivity (Wildman–Crippen MR) is 159 cm³/mol. The zero-order valence-electron chi connectivity index (χ0n) is 23.4. The van der Waals surface area contributed by atoms with E-state index in [0.29, 0.717) is 41.9 Å². The quantitative estimate of drug-likeness (QED) is 0.159. The van der Waals surface area contributed by atoms with Crippen LogP contribution in [0.15, 0.2) is 48.2 Å². The Morgan fingerprint density at radius 1 is 1.30 bits per heavy atom. The number of ether oxygens (including phenoxy) is 1. The van der Waals surface area contributed by atoms with Gasteiger partial charge in [0.15, 0.2) is 0 Å². The van der Waals surface area contributed by atoms with E-state index in [1.807, 2.05) is 50.4 Å². The van der Waals surface area contributed by atoms with Crippen molar-refractivity contribution in [2.45, 2.75) is 58.6 Å². The summed E-state index contributed by atoms with van der Waals surface area (Å²) in [6.45, 7) is 9.43. The van der Waals surface area contributed by atoms with Gasteiger partial charge in [0.05, 0.1) is 35.3 Å². The highest BCUT2D eigenvalue weighted by atomic mass is 32.2. The normalized spacial score (nSPS) is 15.8. The Balaban J connectivity index is 1.56. The summed E-state index contributed by atoms with van der Waals surface area (Å²) >= 11 is 2.23. The largest absolute Gasteiger partial charge is 0.444 e. The van der Waals surface area contributed by atoms with E-state index in [2.05, 4.69) is 28.3 Å². The number of thiophene rings is 1. The lowest BCUT2D eigenvalue weighted by atomic mass is 9.89. The molecule has 3 heterocycles. The van der Waals surface area contributed by atoms with Crippen molar-refractivity contribution in [2.24, 2.45) is 11.1 Å². The first-order valence-electron chi connectivity index (χ1n) is 13.4. The smallest absolute Gasteiger partial charge is 0.411 e. The van der Waals surface area contributed by atoms with Gasteiger partial charge in [0.2, 0.25) is 5.78 Å². The molecule has 9 nitrogen and oxygen atoms in total. The van der Waals surface area contributed by atoms with E-state index in [1.54, 1.807) is 11.1 Å². The predicted octanol–water partition coefficient (Wildman–Crippen LogP) is 6.02. The number of aromatic nitrogens is 2. The van der Waals surface area contributed by atoms with Crippen LogP contribution in [0.4, 0.5) is 10.6 Å². The fourth-order valence-corrected chi connectivity index (χ4v) is 5.91. The summed E-state index contributed by atoms with van der Waals surface area (Å²) in [7, 11) is 0. The zero-order valence-corrected chi connectivity index (χ0v) is 25.0. The molecule has 2 unspecified atom stereocenters. The standard InChI is InChI=1S/C29H37N5O4S2/c1-5-19(16-37-40-30)10-12-32-27-23(15-31-18-33-27)26(35)24-14-21(17-39-24)25-22-9-7-6-8-20(22)11-13-34(25)28(36)38-29(2,3)4/h6-9,14-15,17-19,25H,5,10-13,16,30H2,1-4H3,(H,31,32,33). The van der Waals surface area contributed by atoms with E-state index in [4.69, 9.17) is 14.1 Å². The first-order chi connectivity index (χ1) is 19.2. The molecule has 3 aromatic rings. The number of anilines is 1. The Hall–Kier alpha value is -2.99. The van der Waals surface area contributed by atoms with Gasteiger partial charge in [0.1, 0.15) is 17.7 Å². The second-order valence-corrected chi connectivity index (χ2v) is 12.1. The Morgan fingerprint density at radius 3 is 2.85 bits per heavy atom. The number of nitrogens with zero attached hydrogens (tertiary/aromatic N) is 3. The summed E-state index contributed by atoms with van der Waals surface area (Å²) in [5, 5.41) is 10.6. The summed E-state index contributed by atoms with van der Waals surface area (Å²) < 4.78 is 11.0. The highest BCUT2D eigenvalue weighted by Crippen LogP contribution is 2.38. The van der Waals surface area contributed by atoms with Gasteiger partial charge in [-0.2, -0.15) is 0 Å². The molecule has 1 aromatic carbocycles. The molecule has 0 bridgehead atoms. The summed E-state index contributed by atoms with van der Waals surface area (Å²) in [6, 6.07) is 9.66. The third kappa shape index (κ3) is 7.39. The van der Waals surface area contributed by atoms with Crippen molar-refractivity contribution in [3.8, 4) is 0 Å². The maximum Gasteiger partial charge on any atom is 0.411 e. The number of rotatable bonds is 11. The third-order valence-corrected chi connectivity index (χ3v) is 8.04. The lowest BCUT2D eigenvalue weighted by molar-refractivity contribution is 0.0178. The number of nitrogens with two attached hydrogens (primary N) is 1. The van der Waals surface area contributed by atoms with Gasteiger partial charge in [-0.1, -0.05) is 37.6 Å². The number of carbonyl (C=O) groups excluding carboxylic acids is 2. The highest BCUT2D eigenvalue weighted by molar-refractivity contribution is 7.92. The van der Waals surface area contributed by atoms with Crippen molar-refractivity contribution in [1.29, 1.82) is 0 Å². The van der Waals surface area contributed by atoms with Gasteiger partial charge >= 0.3 is 6.09 Å². The first-order valence-corrected chi connectivity index (χ1v) is 15.1. The Labute approximate surface area is 244 Å². The topological polar surface area (TPSA) is 120 Å². The summed E-state index contributed by atoms with van der Waals surface area (Å²) in [5.74, 6) is 0.676. The number of benzene rings is 1. The minimum absolute atomic E-state index is 0.165. The van der Waals surface area contributed by atoms with Crippen LogP contribution in [0.25, 0.3) is 0 Å². The molecular formula is C29H37N5O4S2. The molecular weight excluding hydrogens is 546 g/mol. The SMILES string of the molecule is CCC(CCNc1ncncc1C(=O)c1cc(C2c3ccccc3CCN2C(=O)OC(C)(C)C)cs1)COSN. The van der Waals surface area contributed by atoms with Crippen LogP contribution >= 0.6 is 23.6 Å². The molecule has 11 heteroatoms. The molecule has 1 amide bonds. The maximum atomic E-state index is 13.7. The number of ketones is 1. The van der Waals surface area contributed by atoms with Crippen molar-refractivity contribution in [3.63, 3.8) is 0 Å². The van der Waals surface area contributed by atoms with Gasteiger partial charge in [0, 0.05) is 19.3 Å². The molecule has 0 saturated heterocycles. The van der Waals surface area contributed by atoms with Crippen LogP contribution in [0, 0.1) is 5.92 Å². The van der Waals surface area contributed by atoms with Crippen LogP contribution in [0.1, 0.15) is 78.5 Å². The van der Waals surface area contributed by atoms with E-state index in [0.717, 1.165) is 42.6 Å². The van der Waals surface area contributed by atoms with Crippen molar-refractivity contribution >= 4 is 41.3 Å². The number of nitrogens with one attached hydrogen (secondary N) is 1. The van der Waals surface area contributed by atoms with E-state index in [1.165, 1.54) is 23.2 Å². The minimum Gasteiger partial charge on any atom is -0.444 e. The summed E-state index contributed by atoms with van der Waals surface area (Å²) in [6.07, 6.45) is 5.16. The number of carbonyl (C=O) groups is 2. The Bertz CT molecular complexity index is 1310. The number of hydrogen-bond acceptors (Lipinski definition) is 10. The molecule has 40 heavy (non-hydrogen) atoms. The molecule has 1 aliphatic rings. The molecule has 2 aromatic heterocycles. The van der Waals surface area contributed by atoms with Gasteiger partial charge in [-0.25, -0.2) is 14.8 Å². The van der Waals surface area contributed by atoms with Crippen LogP contribution in [0.3, 0.4) is 0 Å². The molecule has 0 spiro atoms. The van der Waals surface area contributed by atoms with Gasteiger partial charge in [-0.15, -0.1) is 11.3 Å². The molecule has 0 aliphatic carbocycles. The van der Waals surface area contributed by atoms with Gasteiger partial charge in [-0.05, 0) is 67.7 Å². The van der Waals surface area contributed by atoms with E-state index in [-0.39, 0.29) is 17.9 Å². The molecule has 2 atom stereocenters. The number of fused-ring (bicyclic) bond motifs is 1. The van der Waals surface area contributed by atoms with E-state index in [9.17, 15) is 9.59 Å². The van der Waals surface area contributed by atoms with Crippen molar-refractivity contribution in [1.82, 2.24) is 14.9 Å². The summed E-state index contributed by atoms with van der Waals surface area (Å²) in [5.41, 5.74) is 2.91. The average Bonchev–Trinajstić information content (AvgIpc) is 3.43. The van der Waals surface area contributed by atoms with Crippen molar-refractivity contribution < 1.29 is 18.5 Å². The molecule has 3 N–H and O–H groups in total. The van der Waals surface area contributed by atoms with Crippen LogP contribution in [-0.4, -0.2) is 52.0 Å². The van der Waals surface area contributed by atoms with E-state index < -0.39 is 5.60 Å². The van der Waals surface area contributed by atoms with Crippen LogP contribution in [-0.2, 0) is 15.3 Å². The Kier molecular flexibility index (Phi) is 10.2. The molecule has 214 valence electrons. The summed E-state index contributed by atoms with van der Waals surface area (Å²) in [4.78, 5) is 37.7. The average molecular weight is 584 g/mol. The van der Waals surface area contributed by atoms with Crippen molar-refractivity contribution in [2.75, 3.05) is 25.0 Å². The highest BCUT2D eigenvalue weighted by Gasteiger charge is 2.35. The number of hydrogen-bond donors (Lipinski definition) is 2. The van der Waals surface area contributed by atoms with Crippen molar-refractivity contribution in [3.05, 3.63) is 75.4 Å². The van der Waals surface area contributed by atoms with Gasteiger partial charge < -0.3 is 14.2 Å². The maximum absolute atomic E-state index is 13.7. The monoisotopic (exact) mass is 583 g/mol. The second kappa shape index (κ2) is 13.6. The molecule has 4 rings (SSSR count). The minimum atomic E-state index is -0.612. The second-order valence-electron chi connectivity index (χ2n) is 10.8. The van der Waals surface area contributed by atoms with E-state index >= 15 is 0 Å². The Morgan fingerprint density at radius 2 is 2.10 bits per heavy atom. The lowest BCUT2D eigenvalue weighted by Crippen LogP contribution is -2.43. The fourth-order valence-electron chi connectivity index (χ4n) is 4.76.